The Hall–Kier alpha value is -1.04. The van der Waals surface area contributed by atoms with Gasteiger partial charge in [0.15, 0.2) is 0 Å². The van der Waals surface area contributed by atoms with Gasteiger partial charge in [-0.15, -0.1) is 10.2 Å². The normalized spacial score (nSPS) is 27.3. The minimum Gasteiger partial charge on any atom is -0.424 e. The highest BCUT2D eigenvalue weighted by Crippen LogP contribution is 2.41. The minimum atomic E-state index is -2.58. The molecule has 18 heavy (non-hydrogen) atoms. The summed E-state index contributed by atoms with van der Waals surface area (Å²) in [4.78, 5) is 0. The van der Waals surface area contributed by atoms with Gasteiger partial charge in [-0.25, -0.2) is 8.78 Å². The minimum absolute atomic E-state index is 0.0201. The standard InChI is InChI=1S/C12H17F2N3O/c13-12(14)5-1-2-8(6-12)11-17-16-10(18-11)7-15-9-3-4-9/h8-9,15H,1-7H2. The summed E-state index contributed by atoms with van der Waals surface area (Å²) in [6.07, 6.45) is 3.44. The zero-order valence-electron chi connectivity index (χ0n) is 10.2. The van der Waals surface area contributed by atoms with Crippen LogP contribution in [0.5, 0.6) is 0 Å². The molecule has 4 nitrogen and oxygen atoms in total. The summed E-state index contributed by atoms with van der Waals surface area (Å²) >= 11 is 0. The number of nitrogens with one attached hydrogen (secondary N) is 1. The van der Waals surface area contributed by atoms with Crippen LogP contribution in [0.2, 0.25) is 0 Å². The van der Waals surface area contributed by atoms with E-state index in [1.807, 2.05) is 0 Å². The van der Waals surface area contributed by atoms with Crippen molar-refractivity contribution in [1.29, 1.82) is 0 Å². The van der Waals surface area contributed by atoms with Crippen molar-refractivity contribution in [2.45, 2.75) is 63.0 Å². The summed E-state index contributed by atoms with van der Waals surface area (Å²) in [6.45, 7) is 0.542. The Morgan fingerprint density at radius 1 is 1.28 bits per heavy atom. The number of halogens is 2. The molecule has 1 atom stereocenters. The van der Waals surface area contributed by atoms with Crippen LogP contribution >= 0.6 is 0 Å². The predicted molar refractivity (Wildman–Crippen MR) is 60.3 cm³/mol. The molecule has 0 aromatic carbocycles. The van der Waals surface area contributed by atoms with E-state index in [-0.39, 0.29) is 18.8 Å². The van der Waals surface area contributed by atoms with Crippen LogP contribution in [0.4, 0.5) is 8.78 Å². The predicted octanol–water partition coefficient (Wildman–Crippen LogP) is 2.61. The molecule has 0 spiro atoms. The Labute approximate surface area is 104 Å². The van der Waals surface area contributed by atoms with Crippen molar-refractivity contribution in [1.82, 2.24) is 15.5 Å². The van der Waals surface area contributed by atoms with Gasteiger partial charge in [-0.05, 0) is 25.7 Å². The molecule has 2 saturated carbocycles. The maximum Gasteiger partial charge on any atom is 0.248 e. The molecular formula is C12H17F2N3O. The van der Waals surface area contributed by atoms with Gasteiger partial charge in [0.1, 0.15) is 0 Å². The first kappa shape index (κ1) is 12.0. The number of hydrogen-bond donors (Lipinski definition) is 1. The second-order valence-corrected chi connectivity index (χ2v) is 5.34. The highest BCUT2D eigenvalue weighted by Gasteiger charge is 2.38. The van der Waals surface area contributed by atoms with Crippen molar-refractivity contribution >= 4 is 0 Å². The molecule has 1 heterocycles. The molecule has 2 aliphatic carbocycles. The van der Waals surface area contributed by atoms with Crippen molar-refractivity contribution in [3.8, 4) is 0 Å². The molecule has 1 aromatic rings. The van der Waals surface area contributed by atoms with E-state index in [4.69, 9.17) is 4.42 Å². The first-order chi connectivity index (χ1) is 8.62. The molecule has 3 rings (SSSR count). The number of aromatic nitrogens is 2. The number of nitrogens with zero attached hydrogens (tertiary/aromatic N) is 2. The largest absolute Gasteiger partial charge is 0.424 e. The van der Waals surface area contributed by atoms with Crippen molar-refractivity contribution in [3.05, 3.63) is 11.8 Å². The van der Waals surface area contributed by atoms with E-state index in [0.29, 0.717) is 37.2 Å². The topological polar surface area (TPSA) is 51.0 Å². The van der Waals surface area contributed by atoms with Gasteiger partial charge in [0.2, 0.25) is 17.7 Å². The zero-order valence-corrected chi connectivity index (χ0v) is 10.2. The average Bonchev–Trinajstić information content (AvgIpc) is 3.02. The fourth-order valence-corrected chi connectivity index (χ4v) is 2.40. The summed E-state index contributed by atoms with van der Waals surface area (Å²) < 4.78 is 32.1. The van der Waals surface area contributed by atoms with E-state index in [1.54, 1.807) is 0 Å². The summed E-state index contributed by atoms with van der Waals surface area (Å²) in [5, 5.41) is 11.1. The lowest BCUT2D eigenvalue weighted by Crippen LogP contribution is -2.25. The quantitative estimate of drug-likeness (QED) is 0.900. The first-order valence-electron chi connectivity index (χ1n) is 6.56. The lowest BCUT2D eigenvalue weighted by atomic mass is 9.86. The lowest BCUT2D eigenvalue weighted by molar-refractivity contribution is -0.0436. The van der Waals surface area contributed by atoms with E-state index >= 15 is 0 Å². The van der Waals surface area contributed by atoms with Crippen molar-refractivity contribution in [2.24, 2.45) is 0 Å². The van der Waals surface area contributed by atoms with Crippen LogP contribution in [0.25, 0.3) is 0 Å². The SMILES string of the molecule is FC1(F)CCCC(c2nnc(CNC3CC3)o2)C1. The monoisotopic (exact) mass is 257 g/mol. The fourth-order valence-electron chi connectivity index (χ4n) is 2.40. The van der Waals surface area contributed by atoms with Gasteiger partial charge in [0.25, 0.3) is 0 Å². The molecule has 0 saturated heterocycles. The summed E-state index contributed by atoms with van der Waals surface area (Å²) in [5.74, 6) is -1.98. The Bertz CT molecular complexity index is 417. The molecule has 2 aliphatic rings. The molecule has 6 heteroatoms. The van der Waals surface area contributed by atoms with Gasteiger partial charge < -0.3 is 9.73 Å². The maximum atomic E-state index is 13.3. The fraction of sp³-hybridized carbons (Fsp3) is 0.833. The van der Waals surface area contributed by atoms with Crippen molar-refractivity contribution in [2.75, 3.05) is 0 Å². The van der Waals surface area contributed by atoms with Gasteiger partial charge in [-0.2, -0.15) is 0 Å². The summed E-state index contributed by atoms with van der Waals surface area (Å²) in [7, 11) is 0. The van der Waals surface area contributed by atoms with Crippen LogP contribution in [0, 0.1) is 0 Å². The highest BCUT2D eigenvalue weighted by atomic mass is 19.3. The van der Waals surface area contributed by atoms with Gasteiger partial charge in [0.05, 0.1) is 6.54 Å². The molecule has 100 valence electrons. The van der Waals surface area contributed by atoms with Gasteiger partial charge >= 0.3 is 0 Å². The van der Waals surface area contributed by atoms with Crippen LogP contribution in [-0.4, -0.2) is 22.2 Å². The third kappa shape index (κ3) is 2.85. The molecule has 0 radical (unpaired) electrons. The molecule has 1 aromatic heterocycles. The highest BCUT2D eigenvalue weighted by molar-refractivity contribution is 4.97. The van der Waals surface area contributed by atoms with E-state index in [0.717, 1.165) is 0 Å². The Balaban J connectivity index is 1.60. The van der Waals surface area contributed by atoms with Gasteiger partial charge in [-0.3, -0.25) is 0 Å². The molecule has 0 bridgehead atoms. The Kier molecular flexibility index (Phi) is 3.05. The maximum absolute atomic E-state index is 13.3. The second-order valence-electron chi connectivity index (χ2n) is 5.34. The second kappa shape index (κ2) is 4.57. The smallest absolute Gasteiger partial charge is 0.248 e. The molecule has 1 N–H and O–H groups in total. The van der Waals surface area contributed by atoms with Crippen LogP contribution in [0.1, 0.15) is 56.2 Å². The third-order valence-electron chi connectivity index (χ3n) is 3.59. The summed E-state index contributed by atoms with van der Waals surface area (Å²) in [5.41, 5.74) is 0. The number of hydrogen-bond acceptors (Lipinski definition) is 4. The Morgan fingerprint density at radius 3 is 2.83 bits per heavy atom. The molecule has 0 amide bonds. The third-order valence-corrected chi connectivity index (χ3v) is 3.59. The van der Waals surface area contributed by atoms with Crippen LogP contribution in [0.3, 0.4) is 0 Å². The first-order valence-corrected chi connectivity index (χ1v) is 6.56. The van der Waals surface area contributed by atoms with Crippen molar-refractivity contribution < 1.29 is 13.2 Å². The van der Waals surface area contributed by atoms with Crippen LogP contribution in [0.15, 0.2) is 4.42 Å². The lowest BCUT2D eigenvalue weighted by Gasteiger charge is -2.26. The molecule has 2 fully saturated rings. The molecular weight excluding hydrogens is 240 g/mol. The van der Waals surface area contributed by atoms with E-state index in [2.05, 4.69) is 15.5 Å². The zero-order chi connectivity index (χ0) is 12.6. The van der Waals surface area contributed by atoms with Crippen molar-refractivity contribution in [3.63, 3.8) is 0 Å². The Morgan fingerprint density at radius 2 is 2.11 bits per heavy atom. The number of rotatable bonds is 4. The van der Waals surface area contributed by atoms with Gasteiger partial charge in [0, 0.05) is 24.8 Å². The van der Waals surface area contributed by atoms with Crippen LogP contribution in [-0.2, 0) is 6.54 Å². The van der Waals surface area contributed by atoms with E-state index < -0.39 is 5.92 Å². The van der Waals surface area contributed by atoms with Crippen LogP contribution < -0.4 is 5.32 Å². The molecule has 1 unspecified atom stereocenters. The van der Waals surface area contributed by atoms with E-state index in [1.165, 1.54) is 12.8 Å². The average molecular weight is 257 g/mol. The van der Waals surface area contributed by atoms with Gasteiger partial charge in [-0.1, -0.05) is 0 Å². The summed E-state index contributed by atoms with van der Waals surface area (Å²) in [6, 6.07) is 0.569. The molecule has 0 aliphatic heterocycles. The number of alkyl halides is 2. The van der Waals surface area contributed by atoms with E-state index in [9.17, 15) is 8.78 Å².